The highest BCUT2D eigenvalue weighted by atomic mass is 79.9. The highest BCUT2D eigenvalue weighted by molar-refractivity contribution is 9.10. The minimum atomic E-state index is 0.686. The van der Waals surface area contributed by atoms with Crippen LogP contribution in [0.25, 0.3) is 0 Å². The predicted octanol–water partition coefficient (Wildman–Crippen LogP) is 3.92. The van der Waals surface area contributed by atoms with Gasteiger partial charge in [0.2, 0.25) is 0 Å². The highest BCUT2D eigenvalue weighted by Crippen LogP contribution is 2.16. The second kappa shape index (κ2) is 4.96. The van der Waals surface area contributed by atoms with Crippen LogP contribution >= 0.6 is 15.9 Å². The maximum atomic E-state index is 8.79. The van der Waals surface area contributed by atoms with E-state index in [2.05, 4.69) is 22.0 Å². The van der Waals surface area contributed by atoms with Gasteiger partial charge >= 0.3 is 0 Å². The van der Waals surface area contributed by atoms with E-state index in [4.69, 9.17) is 5.26 Å². The van der Waals surface area contributed by atoms with E-state index in [9.17, 15) is 0 Å². The molecule has 0 aliphatic rings. The molecule has 0 fully saturated rings. The SMILES string of the molecule is N#Cc1cccc([CH]c2ccc(Br)cc2)c1. The van der Waals surface area contributed by atoms with Gasteiger partial charge in [0, 0.05) is 10.9 Å². The third-order valence-electron chi connectivity index (χ3n) is 2.22. The number of nitrogens with zero attached hydrogens (tertiary/aromatic N) is 1. The van der Waals surface area contributed by atoms with Crippen molar-refractivity contribution in [3.8, 4) is 6.07 Å². The summed E-state index contributed by atoms with van der Waals surface area (Å²) in [6, 6.07) is 17.8. The molecule has 0 aliphatic heterocycles. The number of benzene rings is 2. The lowest BCUT2D eigenvalue weighted by atomic mass is 10.0. The van der Waals surface area contributed by atoms with E-state index in [1.54, 1.807) is 6.07 Å². The van der Waals surface area contributed by atoms with Gasteiger partial charge in [-0.15, -0.1) is 0 Å². The Hall–Kier alpha value is -1.59. The molecule has 2 aromatic rings. The van der Waals surface area contributed by atoms with E-state index < -0.39 is 0 Å². The molecule has 16 heavy (non-hydrogen) atoms. The first-order valence-electron chi connectivity index (χ1n) is 4.88. The third-order valence-corrected chi connectivity index (χ3v) is 2.75. The van der Waals surface area contributed by atoms with Crippen molar-refractivity contribution < 1.29 is 0 Å². The lowest BCUT2D eigenvalue weighted by molar-refractivity contribution is 1.40. The molecule has 0 unspecified atom stereocenters. The van der Waals surface area contributed by atoms with Crippen molar-refractivity contribution in [2.24, 2.45) is 0 Å². The molecular formula is C14H9BrN. The molecule has 77 valence electrons. The first kappa shape index (κ1) is 10.9. The Bertz CT molecular complexity index is 523. The van der Waals surface area contributed by atoms with Gasteiger partial charge in [0.25, 0.3) is 0 Å². The Kier molecular flexibility index (Phi) is 3.38. The van der Waals surface area contributed by atoms with E-state index in [-0.39, 0.29) is 0 Å². The molecule has 0 aliphatic carbocycles. The average Bonchev–Trinajstić information content (AvgIpc) is 2.32. The van der Waals surface area contributed by atoms with Crippen LogP contribution < -0.4 is 0 Å². The van der Waals surface area contributed by atoms with Crippen molar-refractivity contribution in [3.05, 3.63) is 76.1 Å². The summed E-state index contributed by atoms with van der Waals surface area (Å²) in [5.41, 5.74) is 2.85. The Balaban J connectivity index is 2.21. The van der Waals surface area contributed by atoms with Gasteiger partial charge in [-0.1, -0.05) is 40.2 Å². The van der Waals surface area contributed by atoms with Crippen molar-refractivity contribution in [3.63, 3.8) is 0 Å². The first-order valence-corrected chi connectivity index (χ1v) is 5.68. The van der Waals surface area contributed by atoms with Crippen molar-refractivity contribution in [1.82, 2.24) is 0 Å². The zero-order chi connectivity index (χ0) is 11.4. The summed E-state index contributed by atoms with van der Waals surface area (Å²) >= 11 is 3.40. The third kappa shape index (κ3) is 2.71. The summed E-state index contributed by atoms with van der Waals surface area (Å²) < 4.78 is 1.07. The van der Waals surface area contributed by atoms with Crippen LogP contribution in [0.5, 0.6) is 0 Å². The topological polar surface area (TPSA) is 23.8 Å². The van der Waals surface area contributed by atoms with Gasteiger partial charge in [0.1, 0.15) is 0 Å². The Morgan fingerprint density at radius 3 is 2.44 bits per heavy atom. The van der Waals surface area contributed by atoms with Gasteiger partial charge < -0.3 is 0 Å². The molecule has 0 heterocycles. The lowest BCUT2D eigenvalue weighted by Gasteiger charge is -2.01. The Labute approximate surface area is 103 Å². The maximum absolute atomic E-state index is 8.79. The molecule has 0 atom stereocenters. The van der Waals surface area contributed by atoms with Gasteiger partial charge in [-0.3, -0.25) is 0 Å². The fraction of sp³-hybridized carbons (Fsp3) is 0. The van der Waals surface area contributed by atoms with E-state index in [1.165, 1.54) is 0 Å². The quantitative estimate of drug-likeness (QED) is 0.812. The fourth-order valence-corrected chi connectivity index (χ4v) is 1.71. The number of nitriles is 1. The average molecular weight is 271 g/mol. The number of halogens is 1. The van der Waals surface area contributed by atoms with Crippen LogP contribution in [0.4, 0.5) is 0 Å². The first-order chi connectivity index (χ1) is 7.78. The summed E-state index contributed by atoms with van der Waals surface area (Å²) in [4.78, 5) is 0. The van der Waals surface area contributed by atoms with Gasteiger partial charge in [0.05, 0.1) is 11.6 Å². The van der Waals surface area contributed by atoms with Gasteiger partial charge in [-0.2, -0.15) is 5.26 Å². The summed E-state index contributed by atoms with van der Waals surface area (Å²) in [5.74, 6) is 0. The number of hydrogen-bond acceptors (Lipinski definition) is 1. The monoisotopic (exact) mass is 270 g/mol. The molecule has 0 amide bonds. The normalized spacial score (nSPS) is 9.75. The van der Waals surface area contributed by atoms with Crippen LogP contribution in [0.2, 0.25) is 0 Å². The molecule has 0 saturated heterocycles. The summed E-state index contributed by atoms with van der Waals surface area (Å²) in [5, 5.41) is 8.79. The summed E-state index contributed by atoms with van der Waals surface area (Å²) in [6.07, 6.45) is 2.05. The van der Waals surface area contributed by atoms with Gasteiger partial charge in [-0.05, 0) is 35.4 Å². The molecule has 0 spiro atoms. The van der Waals surface area contributed by atoms with E-state index in [0.717, 1.165) is 15.6 Å². The van der Waals surface area contributed by atoms with E-state index >= 15 is 0 Å². The Morgan fingerprint density at radius 1 is 1.00 bits per heavy atom. The van der Waals surface area contributed by atoms with Crippen LogP contribution in [-0.4, -0.2) is 0 Å². The second-order valence-electron chi connectivity index (χ2n) is 3.43. The molecule has 0 N–H and O–H groups in total. The zero-order valence-electron chi connectivity index (χ0n) is 8.52. The molecule has 2 aromatic carbocycles. The molecule has 2 rings (SSSR count). The van der Waals surface area contributed by atoms with Crippen molar-refractivity contribution in [2.75, 3.05) is 0 Å². The van der Waals surface area contributed by atoms with E-state index in [1.807, 2.05) is 48.9 Å². The van der Waals surface area contributed by atoms with Crippen LogP contribution in [0, 0.1) is 17.8 Å². The summed E-state index contributed by atoms with van der Waals surface area (Å²) in [7, 11) is 0. The largest absolute Gasteiger partial charge is 0.192 e. The molecular weight excluding hydrogens is 262 g/mol. The van der Waals surface area contributed by atoms with Crippen molar-refractivity contribution >= 4 is 15.9 Å². The maximum Gasteiger partial charge on any atom is 0.0991 e. The standard InChI is InChI=1S/C14H9BrN/c15-14-6-4-11(5-7-14)8-12-2-1-3-13(9-12)10-16/h1-9H. The molecule has 0 bridgehead atoms. The highest BCUT2D eigenvalue weighted by Gasteiger charge is 1.98. The molecule has 1 radical (unpaired) electrons. The summed E-state index contributed by atoms with van der Waals surface area (Å²) in [6.45, 7) is 0. The second-order valence-corrected chi connectivity index (χ2v) is 4.35. The zero-order valence-corrected chi connectivity index (χ0v) is 10.1. The van der Waals surface area contributed by atoms with Crippen LogP contribution in [0.3, 0.4) is 0 Å². The molecule has 0 saturated carbocycles. The predicted molar refractivity (Wildman–Crippen MR) is 67.8 cm³/mol. The van der Waals surface area contributed by atoms with E-state index in [0.29, 0.717) is 5.56 Å². The molecule has 0 aromatic heterocycles. The van der Waals surface area contributed by atoms with Gasteiger partial charge in [0.15, 0.2) is 0 Å². The smallest absolute Gasteiger partial charge is 0.0991 e. The minimum absolute atomic E-state index is 0.686. The van der Waals surface area contributed by atoms with Crippen LogP contribution in [0.15, 0.2) is 53.0 Å². The number of rotatable bonds is 2. The van der Waals surface area contributed by atoms with Crippen LogP contribution in [0.1, 0.15) is 16.7 Å². The van der Waals surface area contributed by atoms with Crippen molar-refractivity contribution in [1.29, 1.82) is 5.26 Å². The van der Waals surface area contributed by atoms with Crippen LogP contribution in [-0.2, 0) is 0 Å². The lowest BCUT2D eigenvalue weighted by Crippen LogP contribution is -1.85. The van der Waals surface area contributed by atoms with Gasteiger partial charge in [-0.25, -0.2) is 0 Å². The van der Waals surface area contributed by atoms with Crippen molar-refractivity contribution in [2.45, 2.75) is 0 Å². The molecule has 1 nitrogen and oxygen atoms in total. The Morgan fingerprint density at radius 2 is 1.75 bits per heavy atom. The fourth-order valence-electron chi connectivity index (χ4n) is 1.45. The number of hydrogen-bond donors (Lipinski definition) is 0. The minimum Gasteiger partial charge on any atom is -0.192 e. The molecule has 2 heteroatoms.